The predicted molar refractivity (Wildman–Crippen MR) is 59.0 cm³/mol. The molecule has 0 fully saturated rings. The first-order valence-corrected chi connectivity index (χ1v) is 4.83. The molecule has 0 amide bonds. The third-order valence-electron chi connectivity index (χ3n) is 1.82. The monoisotopic (exact) mass is 205 g/mol. The molecular formula is C12H15NO2. The molecule has 15 heavy (non-hydrogen) atoms. The first-order chi connectivity index (χ1) is 7.18. The Bertz CT molecular complexity index is 340. The summed E-state index contributed by atoms with van der Waals surface area (Å²) in [5.74, 6) is -0.383. The van der Waals surface area contributed by atoms with Crippen LogP contribution >= 0.6 is 0 Å². The molecule has 1 aromatic rings. The van der Waals surface area contributed by atoms with Crippen molar-refractivity contribution in [2.24, 2.45) is 5.73 Å². The van der Waals surface area contributed by atoms with E-state index in [2.05, 4.69) is 0 Å². The number of benzene rings is 1. The fraction of sp³-hybridized carbons (Fsp3) is 0.250. The molecule has 3 heteroatoms. The highest BCUT2D eigenvalue weighted by atomic mass is 16.5. The van der Waals surface area contributed by atoms with Crippen LogP contribution in [0.15, 0.2) is 42.1 Å². The van der Waals surface area contributed by atoms with Gasteiger partial charge in [0, 0.05) is 18.2 Å². The number of esters is 1. The standard InChI is InChI=1S/C12H15NO2/c1-10(13)9-12(14)15-8-7-11-5-3-2-4-6-11/h2-6,9H,7-8,13H2,1H3. The quantitative estimate of drug-likeness (QED) is 0.600. The third-order valence-corrected chi connectivity index (χ3v) is 1.82. The average molecular weight is 205 g/mol. The second-order valence-corrected chi connectivity index (χ2v) is 3.29. The van der Waals surface area contributed by atoms with Crippen LogP contribution in [-0.4, -0.2) is 12.6 Å². The molecule has 0 aliphatic carbocycles. The van der Waals surface area contributed by atoms with Gasteiger partial charge in [-0.2, -0.15) is 0 Å². The molecule has 0 bridgehead atoms. The second kappa shape index (κ2) is 5.86. The topological polar surface area (TPSA) is 52.3 Å². The molecular weight excluding hydrogens is 190 g/mol. The fourth-order valence-corrected chi connectivity index (χ4v) is 1.14. The van der Waals surface area contributed by atoms with E-state index in [4.69, 9.17) is 10.5 Å². The van der Waals surface area contributed by atoms with Gasteiger partial charge in [-0.05, 0) is 12.5 Å². The van der Waals surface area contributed by atoms with E-state index in [0.717, 1.165) is 12.0 Å². The number of rotatable bonds is 4. The SMILES string of the molecule is CC(N)=CC(=O)OCCc1ccccc1. The van der Waals surface area contributed by atoms with Crippen LogP contribution in [0.1, 0.15) is 12.5 Å². The van der Waals surface area contributed by atoms with Crippen LogP contribution in [0, 0.1) is 0 Å². The Morgan fingerprint density at radius 3 is 2.67 bits per heavy atom. The molecule has 0 aliphatic heterocycles. The Labute approximate surface area is 89.5 Å². The van der Waals surface area contributed by atoms with Crippen molar-refractivity contribution < 1.29 is 9.53 Å². The molecule has 80 valence electrons. The summed E-state index contributed by atoms with van der Waals surface area (Å²) in [6.07, 6.45) is 2.01. The minimum atomic E-state index is -0.383. The summed E-state index contributed by atoms with van der Waals surface area (Å²) in [6.45, 7) is 2.03. The van der Waals surface area contributed by atoms with Gasteiger partial charge < -0.3 is 10.5 Å². The van der Waals surface area contributed by atoms with Gasteiger partial charge in [-0.25, -0.2) is 4.79 Å². The molecule has 0 saturated carbocycles. The van der Waals surface area contributed by atoms with Crippen molar-refractivity contribution in [2.75, 3.05) is 6.61 Å². The van der Waals surface area contributed by atoms with Crippen LogP contribution in [-0.2, 0) is 16.0 Å². The van der Waals surface area contributed by atoms with Gasteiger partial charge in [0.2, 0.25) is 0 Å². The van der Waals surface area contributed by atoms with Crippen molar-refractivity contribution in [3.05, 3.63) is 47.7 Å². The normalized spacial score (nSPS) is 11.1. The number of ether oxygens (including phenoxy) is 1. The highest BCUT2D eigenvalue weighted by Crippen LogP contribution is 1.99. The summed E-state index contributed by atoms with van der Waals surface area (Å²) >= 11 is 0. The Hall–Kier alpha value is -1.77. The number of carbonyl (C=O) groups is 1. The van der Waals surface area contributed by atoms with Crippen LogP contribution in [0.3, 0.4) is 0 Å². The van der Waals surface area contributed by atoms with Gasteiger partial charge >= 0.3 is 5.97 Å². The maximum atomic E-state index is 11.1. The summed E-state index contributed by atoms with van der Waals surface area (Å²) in [5.41, 5.74) is 6.95. The van der Waals surface area contributed by atoms with Gasteiger partial charge in [0.05, 0.1) is 6.61 Å². The van der Waals surface area contributed by atoms with Crippen molar-refractivity contribution in [1.29, 1.82) is 0 Å². The van der Waals surface area contributed by atoms with Crippen molar-refractivity contribution in [2.45, 2.75) is 13.3 Å². The Balaban J connectivity index is 2.28. The molecule has 0 heterocycles. The molecule has 3 nitrogen and oxygen atoms in total. The maximum Gasteiger partial charge on any atom is 0.332 e. The minimum Gasteiger partial charge on any atom is -0.462 e. The molecule has 1 rings (SSSR count). The lowest BCUT2D eigenvalue weighted by molar-refractivity contribution is -0.137. The molecule has 0 aliphatic rings. The average Bonchev–Trinajstić information content (AvgIpc) is 2.18. The Kier molecular flexibility index (Phi) is 4.41. The number of hydrogen-bond donors (Lipinski definition) is 1. The highest BCUT2D eigenvalue weighted by molar-refractivity contribution is 5.82. The lowest BCUT2D eigenvalue weighted by Crippen LogP contribution is -2.07. The summed E-state index contributed by atoms with van der Waals surface area (Å²) in [5, 5.41) is 0. The fourth-order valence-electron chi connectivity index (χ4n) is 1.14. The van der Waals surface area contributed by atoms with E-state index in [1.807, 2.05) is 30.3 Å². The predicted octanol–water partition coefficient (Wildman–Crippen LogP) is 1.63. The third kappa shape index (κ3) is 4.86. The van der Waals surface area contributed by atoms with Gasteiger partial charge in [-0.1, -0.05) is 30.3 Å². The van der Waals surface area contributed by atoms with Crippen LogP contribution in [0.2, 0.25) is 0 Å². The second-order valence-electron chi connectivity index (χ2n) is 3.29. The lowest BCUT2D eigenvalue weighted by atomic mass is 10.2. The van der Waals surface area contributed by atoms with E-state index >= 15 is 0 Å². The number of allylic oxidation sites excluding steroid dienone is 1. The van der Waals surface area contributed by atoms with E-state index in [-0.39, 0.29) is 5.97 Å². The van der Waals surface area contributed by atoms with Gasteiger partial charge in [0.25, 0.3) is 0 Å². The van der Waals surface area contributed by atoms with E-state index in [1.165, 1.54) is 6.08 Å². The molecule has 0 saturated heterocycles. The molecule has 1 aromatic carbocycles. The Morgan fingerprint density at radius 2 is 2.07 bits per heavy atom. The van der Waals surface area contributed by atoms with Gasteiger partial charge in [0.15, 0.2) is 0 Å². The van der Waals surface area contributed by atoms with E-state index in [1.54, 1.807) is 6.92 Å². The molecule has 0 radical (unpaired) electrons. The van der Waals surface area contributed by atoms with Crippen LogP contribution in [0.25, 0.3) is 0 Å². The van der Waals surface area contributed by atoms with E-state index < -0.39 is 0 Å². The molecule has 2 N–H and O–H groups in total. The zero-order valence-electron chi connectivity index (χ0n) is 8.77. The molecule has 0 spiro atoms. The number of hydrogen-bond acceptors (Lipinski definition) is 3. The maximum absolute atomic E-state index is 11.1. The molecule has 0 aromatic heterocycles. The summed E-state index contributed by atoms with van der Waals surface area (Å²) in [4.78, 5) is 11.1. The zero-order chi connectivity index (χ0) is 11.1. The Morgan fingerprint density at radius 1 is 1.40 bits per heavy atom. The zero-order valence-corrected chi connectivity index (χ0v) is 8.77. The number of nitrogens with two attached hydrogens (primary N) is 1. The van der Waals surface area contributed by atoms with Crippen molar-refractivity contribution in [3.63, 3.8) is 0 Å². The summed E-state index contributed by atoms with van der Waals surface area (Å²) in [7, 11) is 0. The highest BCUT2D eigenvalue weighted by Gasteiger charge is 1.98. The summed E-state index contributed by atoms with van der Waals surface area (Å²) in [6, 6.07) is 9.87. The largest absolute Gasteiger partial charge is 0.462 e. The minimum absolute atomic E-state index is 0.382. The number of carbonyl (C=O) groups excluding carboxylic acids is 1. The molecule has 0 unspecified atom stereocenters. The van der Waals surface area contributed by atoms with E-state index in [0.29, 0.717) is 12.3 Å². The van der Waals surface area contributed by atoms with Crippen LogP contribution < -0.4 is 5.73 Å². The first kappa shape index (κ1) is 11.3. The van der Waals surface area contributed by atoms with Crippen LogP contribution in [0.5, 0.6) is 0 Å². The smallest absolute Gasteiger partial charge is 0.332 e. The van der Waals surface area contributed by atoms with E-state index in [9.17, 15) is 4.79 Å². The van der Waals surface area contributed by atoms with Crippen molar-refractivity contribution in [3.8, 4) is 0 Å². The van der Waals surface area contributed by atoms with Crippen molar-refractivity contribution >= 4 is 5.97 Å². The first-order valence-electron chi connectivity index (χ1n) is 4.83. The lowest BCUT2D eigenvalue weighted by Gasteiger charge is -2.02. The summed E-state index contributed by atoms with van der Waals surface area (Å²) < 4.78 is 4.96. The van der Waals surface area contributed by atoms with Gasteiger partial charge in [-0.15, -0.1) is 0 Å². The van der Waals surface area contributed by atoms with Crippen LogP contribution in [0.4, 0.5) is 0 Å². The molecule has 0 atom stereocenters. The van der Waals surface area contributed by atoms with Gasteiger partial charge in [0.1, 0.15) is 0 Å². The van der Waals surface area contributed by atoms with Gasteiger partial charge in [-0.3, -0.25) is 0 Å². The van der Waals surface area contributed by atoms with Crippen molar-refractivity contribution in [1.82, 2.24) is 0 Å².